The summed E-state index contributed by atoms with van der Waals surface area (Å²) >= 11 is 0. The number of carbonyl (C=O) groups is 2. The van der Waals surface area contributed by atoms with Crippen molar-refractivity contribution in [2.45, 2.75) is 45.9 Å². The van der Waals surface area contributed by atoms with E-state index < -0.39 is 0 Å². The molecule has 0 radical (unpaired) electrons. The molecule has 154 valence electrons. The van der Waals surface area contributed by atoms with Gasteiger partial charge in [-0.1, -0.05) is 0 Å². The molecule has 1 aromatic carbocycles. The highest BCUT2D eigenvalue weighted by Crippen LogP contribution is 2.23. The Morgan fingerprint density at radius 2 is 1.71 bits per heavy atom. The lowest BCUT2D eigenvalue weighted by Crippen LogP contribution is -2.57. The quantitative estimate of drug-likeness (QED) is 0.737. The molecule has 0 unspecified atom stereocenters. The zero-order chi connectivity index (χ0) is 20.4. The Labute approximate surface area is 166 Å². The number of Topliss-reactive ketones (excluding diaryl/α,β-unsaturated/α-hetero) is 1. The second kappa shape index (κ2) is 8.57. The number of ether oxygens (including phenoxy) is 1. The number of benzene rings is 1. The zero-order valence-corrected chi connectivity index (χ0v) is 17.2. The molecule has 1 aromatic rings. The van der Waals surface area contributed by atoms with Crippen LogP contribution in [0.1, 0.15) is 38.1 Å². The van der Waals surface area contributed by atoms with Crippen LogP contribution in [0.5, 0.6) is 0 Å². The SMILES string of the molecule is CC(=O)c1ccc(N2CCN([C@H](C)C(=O)N3C[C@@H](C)O[C@H](C)C3)CC2)c(F)c1. The van der Waals surface area contributed by atoms with E-state index in [9.17, 15) is 14.0 Å². The molecular formula is C21H30FN3O3. The van der Waals surface area contributed by atoms with Gasteiger partial charge >= 0.3 is 0 Å². The minimum absolute atomic E-state index is 0.0534. The van der Waals surface area contributed by atoms with Crippen LogP contribution in [0.2, 0.25) is 0 Å². The van der Waals surface area contributed by atoms with Crippen LogP contribution in [-0.2, 0) is 9.53 Å². The molecule has 3 atom stereocenters. The molecule has 2 aliphatic rings. The van der Waals surface area contributed by atoms with Crippen LogP contribution in [0.3, 0.4) is 0 Å². The predicted molar refractivity (Wildman–Crippen MR) is 106 cm³/mol. The van der Waals surface area contributed by atoms with Crippen LogP contribution in [-0.4, -0.2) is 79.0 Å². The fourth-order valence-corrected chi connectivity index (χ4v) is 4.11. The molecule has 2 saturated heterocycles. The van der Waals surface area contributed by atoms with Gasteiger partial charge in [0.25, 0.3) is 0 Å². The number of ketones is 1. The Hall–Kier alpha value is -1.99. The van der Waals surface area contributed by atoms with Gasteiger partial charge < -0.3 is 14.5 Å². The summed E-state index contributed by atoms with van der Waals surface area (Å²) in [6, 6.07) is 4.44. The molecule has 2 heterocycles. The van der Waals surface area contributed by atoms with Gasteiger partial charge in [0.15, 0.2) is 5.78 Å². The topological polar surface area (TPSA) is 53.1 Å². The maximum absolute atomic E-state index is 14.4. The van der Waals surface area contributed by atoms with Gasteiger partial charge in [-0.15, -0.1) is 0 Å². The number of amides is 1. The molecule has 0 aromatic heterocycles. The highest BCUT2D eigenvalue weighted by atomic mass is 19.1. The minimum Gasteiger partial charge on any atom is -0.372 e. The Morgan fingerprint density at radius 1 is 1.11 bits per heavy atom. The van der Waals surface area contributed by atoms with E-state index in [1.165, 1.54) is 13.0 Å². The number of piperazine rings is 1. The van der Waals surface area contributed by atoms with Crippen LogP contribution in [0.15, 0.2) is 18.2 Å². The first-order valence-corrected chi connectivity index (χ1v) is 10.00. The van der Waals surface area contributed by atoms with Gasteiger partial charge in [0, 0.05) is 44.8 Å². The van der Waals surface area contributed by atoms with Gasteiger partial charge in [0.1, 0.15) is 5.82 Å². The fraction of sp³-hybridized carbons (Fsp3) is 0.619. The van der Waals surface area contributed by atoms with Gasteiger partial charge in [0.05, 0.1) is 23.9 Å². The number of nitrogens with zero attached hydrogens (tertiary/aromatic N) is 3. The predicted octanol–water partition coefficient (Wildman–Crippen LogP) is 2.17. The van der Waals surface area contributed by atoms with Crippen LogP contribution < -0.4 is 4.90 Å². The van der Waals surface area contributed by atoms with E-state index in [1.54, 1.807) is 12.1 Å². The smallest absolute Gasteiger partial charge is 0.239 e. The summed E-state index contributed by atoms with van der Waals surface area (Å²) in [5, 5.41) is 0. The molecule has 3 rings (SSSR count). The monoisotopic (exact) mass is 391 g/mol. The summed E-state index contributed by atoms with van der Waals surface area (Å²) in [5.74, 6) is -0.386. The largest absolute Gasteiger partial charge is 0.372 e. The maximum atomic E-state index is 14.4. The van der Waals surface area contributed by atoms with E-state index in [4.69, 9.17) is 4.74 Å². The van der Waals surface area contributed by atoms with Crippen molar-refractivity contribution in [3.05, 3.63) is 29.6 Å². The first kappa shape index (κ1) is 20.7. The van der Waals surface area contributed by atoms with Crippen LogP contribution in [0.4, 0.5) is 10.1 Å². The summed E-state index contributed by atoms with van der Waals surface area (Å²) in [7, 11) is 0. The number of hydrogen-bond acceptors (Lipinski definition) is 5. The minimum atomic E-state index is -0.374. The Bertz CT molecular complexity index is 724. The number of rotatable bonds is 4. The molecule has 6 nitrogen and oxygen atoms in total. The maximum Gasteiger partial charge on any atom is 0.239 e. The van der Waals surface area contributed by atoms with Crippen molar-refractivity contribution >= 4 is 17.4 Å². The van der Waals surface area contributed by atoms with Crippen molar-refractivity contribution in [1.82, 2.24) is 9.80 Å². The van der Waals surface area contributed by atoms with E-state index in [1.807, 2.05) is 30.6 Å². The molecule has 7 heteroatoms. The molecule has 0 saturated carbocycles. The van der Waals surface area contributed by atoms with Gasteiger partial charge in [0.2, 0.25) is 5.91 Å². The van der Waals surface area contributed by atoms with Gasteiger partial charge in [-0.3, -0.25) is 14.5 Å². The number of anilines is 1. The normalized spacial score (nSPS) is 24.9. The van der Waals surface area contributed by atoms with Gasteiger partial charge in [-0.05, 0) is 45.9 Å². The number of carbonyl (C=O) groups excluding carboxylic acids is 2. The summed E-state index contributed by atoms with van der Waals surface area (Å²) in [4.78, 5) is 30.4. The van der Waals surface area contributed by atoms with Crippen LogP contribution in [0.25, 0.3) is 0 Å². The second-order valence-corrected chi connectivity index (χ2v) is 7.92. The van der Waals surface area contributed by atoms with Crippen LogP contribution >= 0.6 is 0 Å². The Morgan fingerprint density at radius 3 is 2.25 bits per heavy atom. The van der Waals surface area contributed by atoms with E-state index >= 15 is 0 Å². The highest BCUT2D eigenvalue weighted by molar-refractivity contribution is 5.94. The van der Waals surface area contributed by atoms with Crippen molar-refractivity contribution in [2.24, 2.45) is 0 Å². The first-order chi connectivity index (χ1) is 13.3. The molecule has 0 N–H and O–H groups in total. The zero-order valence-electron chi connectivity index (χ0n) is 17.2. The molecule has 1 amide bonds. The van der Waals surface area contributed by atoms with Crippen molar-refractivity contribution in [1.29, 1.82) is 0 Å². The Kier molecular flexibility index (Phi) is 6.35. The van der Waals surface area contributed by atoms with E-state index in [-0.39, 0.29) is 35.8 Å². The number of halogens is 1. The van der Waals surface area contributed by atoms with E-state index in [2.05, 4.69) is 4.90 Å². The molecule has 0 spiro atoms. The molecule has 0 bridgehead atoms. The summed E-state index contributed by atoms with van der Waals surface area (Å²) in [5.41, 5.74) is 0.896. The second-order valence-electron chi connectivity index (χ2n) is 7.92. The van der Waals surface area contributed by atoms with Gasteiger partial charge in [-0.2, -0.15) is 0 Å². The summed E-state index contributed by atoms with van der Waals surface area (Å²) in [6.07, 6.45) is 0.107. The van der Waals surface area contributed by atoms with Crippen molar-refractivity contribution < 1.29 is 18.7 Å². The van der Waals surface area contributed by atoms with Crippen molar-refractivity contribution in [2.75, 3.05) is 44.2 Å². The summed E-state index contributed by atoms with van der Waals surface area (Å²) in [6.45, 7) is 11.3. The average molecular weight is 391 g/mol. The van der Waals surface area contributed by atoms with Crippen molar-refractivity contribution in [3.63, 3.8) is 0 Å². The van der Waals surface area contributed by atoms with Crippen LogP contribution in [0, 0.1) is 5.82 Å². The fourth-order valence-electron chi connectivity index (χ4n) is 4.11. The lowest BCUT2D eigenvalue weighted by atomic mass is 10.1. The lowest BCUT2D eigenvalue weighted by Gasteiger charge is -2.42. The van der Waals surface area contributed by atoms with E-state index in [0.717, 1.165) is 0 Å². The highest BCUT2D eigenvalue weighted by Gasteiger charge is 2.33. The summed E-state index contributed by atoms with van der Waals surface area (Å²) < 4.78 is 20.1. The standard InChI is InChI=1S/C21H30FN3O3/c1-14-12-25(13-15(2)28-14)21(27)16(3)23-7-9-24(10-8-23)20-6-5-18(17(4)26)11-19(20)22/h5-6,11,14-16H,7-10,12-13H2,1-4H3/t14-,15-,16-/m1/s1. The molecule has 2 aliphatic heterocycles. The van der Waals surface area contributed by atoms with Crippen molar-refractivity contribution in [3.8, 4) is 0 Å². The van der Waals surface area contributed by atoms with E-state index in [0.29, 0.717) is 50.5 Å². The number of morpholine rings is 1. The third kappa shape index (κ3) is 4.52. The first-order valence-electron chi connectivity index (χ1n) is 10.00. The Balaban J connectivity index is 1.59. The third-order valence-corrected chi connectivity index (χ3v) is 5.65. The number of hydrogen-bond donors (Lipinski definition) is 0. The molecule has 0 aliphatic carbocycles. The third-order valence-electron chi connectivity index (χ3n) is 5.65. The molecular weight excluding hydrogens is 361 g/mol. The molecule has 2 fully saturated rings. The average Bonchev–Trinajstić information content (AvgIpc) is 2.66. The van der Waals surface area contributed by atoms with Gasteiger partial charge in [-0.25, -0.2) is 4.39 Å². The molecule has 28 heavy (non-hydrogen) atoms. The lowest BCUT2D eigenvalue weighted by molar-refractivity contribution is -0.148.